The van der Waals surface area contributed by atoms with Crippen molar-refractivity contribution in [2.75, 3.05) is 33.4 Å². The molecule has 8 heteroatoms. The monoisotopic (exact) mass is 425 g/mol. The van der Waals surface area contributed by atoms with Crippen LogP contribution in [0.2, 0.25) is 0 Å². The number of amides is 2. The Morgan fingerprint density at radius 3 is 2.65 bits per heavy atom. The summed E-state index contributed by atoms with van der Waals surface area (Å²) in [6.45, 7) is 2.50. The van der Waals surface area contributed by atoms with Crippen molar-refractivity contribution in [3.8, 4) is 0 Å². The average Bonchev–Trinajstić information content (AvgIpc) is 3.27. The zero-order valence-corrected chi connectivity index (χ0v) is 18.1. The first-order valence-corrected chi connectivity index (χ1v) is 11.1. The molecule has 2 aliphatic rings. The maximum Gasteiger partial charge on any atom is 0.273 e. The number of aryl methyl sites for hydroxylation is 1. The number of nitrogens with zero attached hydrogens (tertiary/aromatic N) is 4. The van der Waals surface area contributed by atoms with E-state index in [1.165, 1.54) is 5.56 Å². The molecule has 1 aromatic heterocycles. The van der Waals surface area contributed by atoms with Crippen molar-refractivity contribution < 1.29 is 14.3 Å². The second kappa shape index (κ2) is 9.60. The van der Waals surface area contributed by atoms with Gasteiger partial charge in [-0.2, -0.15) is 0 Å². The van der Waals surface area contributed by atoms with Crippen molar-refractivity contribution >= 4 is 11.8 Å². The van der Waals surface area contributed by atoms with Gasteiger partial charge in [0.15, 0.2) is 5.69 Å². The lowest BCUT2D eigenvalue weighted by Crippen LogP contribution is -2.51. The molecule has 2 fully saturated rings. The Labute approximate surface area is 182 Å². The van der Waals surface area contributed by atoms with Gasteiger partial charge < -0.3 is 15.0 Å². The molecule has 1 saturated carbocycles. The normalized spacial score (nSPS) is 19.8. The summed E-state index contributed by atoms with van der Waals surface area (Å²) in [5, 5.41) is 11.1. The van der Waals surface area contributed by atoms with Gasteiger partial charge in [0.05, 0.1) is 18.8 Å². The van der Waals surface area contributed by atoms with Gasteiger partial charge >= 0.3 is 0 Å². The fourth-order valence-corrected chi connectivity index (χ4v) is 4.82. The number of carbonyl (C=O) groups is 2. The second-order valence-electron chi connectivity index (χ2n) is 8.62. The van der Waals surface area contributed by atoms with Crippen LogP contribution in [0.1, 0.15) is 54.2 Å². The summed E-state index contributed by atoms with van der Waals surface area (Å²) < 4.78 is 6.82. The summed E-state index contributed by atoms with van der Waals surface area (Å²) in [5.41, 5.74) is 1.71. The molecule has 4 rings (SSSR count). The van der Waals surface area contributed by atoms with Crippen molar-refractivity contribution in [1.29, 1.82) is 0 Å². The molecule has 1 aliphatic heterocycles. The maximum absolute atomic E-state index is 12.7. The van der Waals surface area contributed by atoms with E-state index in [1.54, 1.807) is 13.3 Å². The Balaban J connectivity index is 1.29. The predicted molar refractivity (Wildman–Crippen MR) is 116 cm³/mol. The summed E-state index contributed by atoms with van der Waals surface area (Å²) in [6.07, 6.45) is 7.23. The Bertz CT molecular complexity index is 890. The highest BCUT2D eigenvalue weighted by molar-refractivity contribution is 5.91. The lowest BCUT2D eigenvalue weighted by molar-refractivity contribution is -0.136. The van der Waals surface area contributed by atoms with Crippen LogP contribution in [-0.4, -0.2) is 65.1 Å². The zero-order chi connectivity index (χ0) is 21.7. The molecule has 31 heavy (non-hydrogen) atoms. The van der Waals surface area contributed by atoms with Gasteiger partial charge in [0.25, 0.3) is 5.91 Å². The molecule has 1 N–H and O–H groups in total. The van der Waals surface area contributed by atoms with Gasteiger partial charge in [0, 0.05) is 33.2 Å². The first-order chi connectivity index (χ1) is 15.1. The molecule has 1 aromatic carbocycles. The number of nitrogens with one attached hydrogen (secondary N) is 1. The van der Waals surface area contributed by atoms with Gasteiger partial charge in [0.2, 0.25) is 5.91 Å². The summed E-state index contributed by atoms with van der Waals surface area (Å²) >= 11 is 0. The van der Waals surface area contributed by atoms with Crippen LogP contribution >= 0.6 is 0 Å². The molecule has 0 radical (unpaired) electrons. The van der Waals surface area contributed by atoms with Gasteiger partial charge in [-0.25, -0.2) is 4.68 Å². The maximum atomic E-state index is 12.7. The van der Waals surface area contributed by atoms with E-state index in [0.29, 0.717) is 25.3 Å². The van der Waals surface area contributed by atoms with E-state index in [1.807, 2.05) is 27.8 Å². The van der Waals surface area contributed by atoms with Gasteiger partial charge in [0.1, 0.15) is 0 Å². The van der Waals surface area contributed by atoms with Crippen LogP contribution in [0.3, 0.4) is 0 Å². The lowest BCUT2D eigenvalue weighted by atomic mass is 9.59. The number of hydrogen-bond acceptors (Lipinski definition) is 5. The Hall–Kier alpha value is -2.74. The fraction of sp³-hybridized carbons (Fsp3) is 0.565. The van der Waals surface area contributed by atoms with Crippen LogP contribution in [0.25, 0.3) is 0 Å². The van der Waals surface area contributed by atoms with E-state index in [-0.39, 0.29) is 23.3 Å². The number of benzene rings is 1. The molecule has 166 valence electrons. The number of hydrogen-bond donors (Lipinski definition) is 1. The number of likely N-dealkylation sites (tertiary alicyclic amines) is 1. The van der Waals surface area contributed by atoms with Crippen molar-refractivity contribution in [3.63, 3.8) is 0 Å². The van der Waals surface area contributed by atoms with Crippen molar-refractivity contribution in [3.05, 3.63) is 47.8 Å². The second-order valence-corrected chi connectivity index (χ2v) is 8.62. The van der Waals surface area contributed by atoms with E-state index < -0.39 is 0 Å². The minimum atomic E-state index is -0.226. The molecule has 1 unspecified atom stereocenters. The third kappa shape index (κ3) is 4.79. The SMILES string of the molecule is COCCNC(=O)c1cn(C2CCC23CCN(C(=O)CCc2ccccc2)CC3)nn1. The average molecular weight is 426 g/mol. The molecule has 1 saturated heterocycles. The van der Waals surface area contributed by atoms with Gasteiger partial charge in [-0.3, -0.25) is 9.59 Å². The van der Waals surface area contributed by atoms with Gasteiger partial charge in [-0.1, -0.05) is 35.5 Å². The molecule has 1 aliphatic carbocycles. The molecular formula is C23H31N5O3. The van der Waals surface area contributed by atoms with Gasteiger partial charge in [-0.05, 0) is 43.1 Å². The van der Waals surface area contributed by atoms with Crippen molar-refractivity contribution in [1.82, 2.24) is 25.2 Å². The Morgan fingerprint density at radius 1 is 1.19 bits per heavy atom. The lowest BCUT2D eigenvalue weighted by Gasteiger charge is -2.53. The van der Waals surface area contributed by atoms with E-state index in [0.717, 1.165) is 45.2 Å². The van der Waals surface area contributed by atoms with Crippen LogP contribution in [0.15, 0.2) is 36.5 Å². The van der Waals surface area contributed by atoms with Gasteiger partial charge in [-0.15, -0.1) is 5.10 Å². The quantitative estimate of drug-likeness (QED) is 0.655. The summed E-state index contributed by atoms with van der Waals surface area (Å²) in [6, 6.07) is 10.4. The molecule has 1 spiro atoms. The van der Waals surface area contributed by atoms with Crippen LogP contribution < -0.4 is 5.32 Å². The van der Waals surface area contributed by atoms with E-state index in [4.69, 9.17) is 4.74 Å². The molecule has 2 heterocycles. The van der Waals surface area contributed by atoms with Crippen LogP contribution in [-0.2, 0) is 16.0 Å². The number of carbonyl (C=O) groups excluding carboxylic acids is 2. The highest BCUT2D eigenvalue weighted by atomic mass is 16.5. The number of rotatable bonds is 8. The summed E-state index contributed by atoms with van der Waals surface area (Å²) in [5.74, 6) is 0.0147. The third-order valence-electron chi connectivity index (χ3n) is 6.86. The standard InChI is InChI=1S/C23H31N5O3/c1-31-16-13-24-22(30)19-17-28(26-25-19)20-9-10-23(20)11-14-27(15-12-23)21(29)8-7-18-5-3-2-4-6-18/h2-6,17,20H,7-16H2,1H3,(H,24,30). The Morgan fingerprint density at radius 2 is 1.97 bits per heavy atom. The minimum absolute atomic E-state index is 0.160. The molecule has 2 aromatic rings. The van der Waals surface area contributed by atoms with Crippen molar-refractivity contribution in [2.45, 2.75) is 44.6 Å². The molecule has 0 bridgehead atoms. The topological polar surface area (TPSA) is 89.4 Å². The first kappa shape index (κ1) is 21.5. The van der Waals surface area contributed by atoms with Crippen LogP contribution in [0, 0.1) is 5.41 Å². The van der Waals surface area contributed by atoms with Crippen molar-refractivity contribution in [2.24, 2.45) is 5.41 Å². The number of piperidine rings is 1. The number of aromatic nitrogens is 3. The third-order valence-corrected chi connectivity index (χ3v) is 6.86. The fourth-order valence-electron chi connectivity index (χ4n) is 4.82. The molecule has 1 atom stereocenters. The van der Waals surface area contributed by atoms with Crippen LogP contribution in [0.5, 0.6) is 0 Å². The van der Waals surface area contributed by atoms with E-state index >= 15 is 0 Å². The van der Waals surface area contributed by atoms with E-state index in [2.05, 4.69) is 27.8 Å². The summed E-state index contributed by atoms with van der Waals surface area (Å²) in [7, 11) is 1.60. The molecular weight excluding hydrogens is 394 g/mol. The minimum Gasteiger partial charge on any atom is -0.383 e. The zero-order valence-electron chi connectivity index (χ0n) is 18.1. The van der Waals surface area contributed by atoms with E-state index in [9.17, 15) is 9.59 Å². The molecule has 8 nitrogen and oxygen atoms in total. The predicted octanol–water partition coefficient (Wildman–Crippen LogP) is 2.23. The highest BCUT2D eigenvalue weighted by Crippen LogP contribution is 2.56. The largest absolute Gasteiger partial charge is 0.383 e. The highest BCUT2D eigenvalue weighted by Gasteiger charge is 2.50. The first-order valence-electron chi connectivity index (χ1n) is 11.1. The number of ether oxygens (including phenoxy) is 1. The van der Waals surface area contributed by atoms with Crippen LogP contribution in [0.4, 0.5) is 0 Å². The number of methoxy groups -OCH3 is 1. The smallest absolute Gasteiger partial charge is 0.273 e. The molecule has 2 amide bonds. The summed E-state index contributed by atoms with van der Waals surface area (Å²) in [4.78, 5) is 26.9. The Kier molecular flexibility index (Phi) is 6.65.